The van der Waals surface area contributed by atoms with Crippen molar-refractivity contribution in [2.24, 2.45) is 5.41 Å². The molecule has 2 aliphatic heterocycles. The normalized spacial score (nSPS) is 17.9. The molecule has 1 N–H and O–H groups in total. The zero-order chi connectivity index (χ0) is 24.2. The standard InChI is InChI=1S/C26H26FN3O4/c1-26(2,12-23(31)32)15-30-24(33)21-11-19-18-5-3-4-6-20(18)28(22(19)14-29(21)25(30)34)13-16-7-9-17(27)10-8-16/h3-10,21H,11-15H2,1-2H3,(H,31,32)/t21-/m0/s1. The van der Waals surface area contributed by atoms with Gasteiger partial charge in [0.15, 0.2) is 0 Å². The fourth-order valence-electron chi connectivity index (χ4n) is 5.25. The summed E-state index contributed by atoms with van der Waals surface area (Å²) in [6.07, 6.45) is 0.273. The van der Waals surface area contributed by atoms with Gasteiger partial charge in [0.1, 0.15) is 11.9 Å². The van der Waals surface area contributed by atoms with E-state index >= 15 is 0 Å². The van der Waals surface area contributed by atoms with Gasteiger partial charge in [0, 0.05) is 36.1 Å². The van der Waals surface area contributed by atoms with E-state index in [-0.39, 0.29) is 37.3 Å². The van der Waals surface area contributed by atoms with E-state index in [1.807, 2.05) is 24.3 Å². The highest BCUT2D eigenvalue weighted by Crippen LogP contribution is 2.38. The van der Waals surface area contributed by atoms with Gasteiger partial charge in [-0.1, -0.05) is 44.2 Å². The first-order valence-corrected chi connectivity index (χ1v) is 11.3. The first-order valence-electron chi connectivity index (χ1n) is 11.3. The predicted molar refractivity (Wildman–Crippen MR) is 124 cm³/mol. The van der Waals surface area contributed by atoms with Gasteiger partial charge in [-0.05, 0) is 34.7 Å². The number of rotatable bonds is 6. The zero-order valence-electron chi connectivity index (χ0n) is 19.1. The van der Waals surface area contributed by atoms with Crippen molar-refractivity contribution in [2.75, 3.05) is 6.54 Å². The van der Waals surface area contributed by atoms with E-state index in [1.54, 1.807) is 30.9 Å². The molecule has 1 saturated heterocycles. The summed E-state index contributed by atoms with van der Waals surface area (Å²) in [7, 11) is 0. The highest BCUT2D eigenvalue weighted by molar-refractivity contribution is 6.05. The summed E-state index contributed by atoms with van der Waals surface area (Å²) in [5.41, 5.74) is 3.23. The van der Waals surface area contributed by atoms with E-state index < -0.39 is 17.4 Å². The number of amides is 3. The third kappa shape index (κ3) is 3.73. The fraction of sp³-hybridized carbons (Fsp3) is 0.346. The third-order valence-electron chi connectivity index (χ3n) is 6.79. The second kappa shape index (κ2) is 7.97. The molecule has 3 amide bonds. The number of carbonyl (C=O) groups is 3. The van der Waals surface area contributed by atoms with Crippen molar-refractivity contribution in [1.29, 1.82) is 0 Å². The Morgan fingerprint density at radius 3 is 2.53 bits per heavy atom. The first-order chi connectivity index (χ1) is 16.1. The number of nitrogens with zero attached hydrogens (tertiary/aromatic N) is 3. The van der Waals surface area contributed by atoms with Crippen LogP contribution in [0.2, 0.25) is 0 Å². The number of imide groups is 1. The molecule has 2 aliphatic rings. The van der Waals surface area contributed by atoms with Gasteiger partial charge in [-0.2, -0.15) is 0 Å². The molecule has 2 aromatic carbocycles. The van der Waals surface area contributed by atoms with Gasteiger partial charge in [-0.15, -0.1) is 0 Å². The van der Waals surface area contributed by atoms with E-state index in [9.17, 15) is 23.9 Å². The number of para-hydroxylation sites is 1. The summed E-state index contributed by atoms with van der Waals surface area (Å²) in [5.74, 6) is -1.53. The molecule has 0 bridgehead atoms. The molecule has 0 unspecified atom stereocenters. The number of carboxylic acid groups (broad SMARTS) is 1. The molecule has 1 aromatic heterocycles. The minimum Gasteiger partial charge on any atom is -0.481 e. The summed E-state index contributed by atoms with van der Waals surface area (Å²) < 4.78 is 15.6. The highest BCUT2D eigenvalue weighted by atomic mass is 19.1. The van der Waals surface area contributed by atoms with Gasteiger partial charge in [-0.3, -0.25) is 14.5 Å². The molecule has 0 saturated carbocycles. The predicted octanol–water partition coefficient (Wildman–Crippen LogP) is 4.02. The van der Waals surface area contributed by atoms with Crippen LogP contribution < -0.4 is 0 Å². The lowest BCUT2D eigenvalue weighted by Gasteiger charge is -2.29. The molecule has 34 heavy (non-hydrogen) atoms. The Hall–Kier alpha value is -3.68. The number of hydrogen-bond acceptors (Lipinski definition) is 3. The van der Waals surface area contributed by atoms with Crippen LogP contribution in [0.3, 0.4) is 0 Å². The van der Waals surface area contributed by atoms with E-state index in [0.29, 0.717) is 13.0 Å². The summed E-state index contributed by atoms with van der Waals surface area (Å²) in [4.78, 5) is 40.6. The van der Waals surface area contributed by atoms with Crippen molar-refractivity contribution in [3.63, 3.8) is 0 Å². The van der Waals surface area contributed by atoms with Crippen molar-refractivity contribution >= 4 is 28.8 Å². The first kappa shape index (κ1) is 22.1. The van der Waals surface area contributed by atoms with Crippen LogP contribution in [0.4, 0.5) is 9.18 Å². The minimum atomic E-state index is -0.962. The van der Waals surface area contributed by atoms with Crippen molar-refractivity contribution in [3.8, 4) is 0 Å². The third-order valence-corrected chi connectivity index (χ3v) is 6.79. The van der Waals surface area contributed by atoms with E-state index in [0.717, 1.165) is 27.7 Å². The number of fused-ring (bicyclic) bond motifs is 4. The van der Waals surface area contributed by atoms with E-state index in [4.69, 9.17) is 0 Å². The number of benzene rings is 2. The second-order valence-corrected chi connectivity index (χ2v) is 9.94. The average Bonchev–Trinajstić information content (AvgIpc) is 3.20. The van der Waals surface area contributed by atoms with Gasteiger partial charge in [0.25, 0.3) is 5.91 Å². The number of hydrogen-bond donors (Lipinski definition) is 1. The molecule has 1 atom stereocenters. The number of urea groups is 1. The van der Waals surface area contributed by atoms with Crippen molar-refractivity contribution < 1.29 is 23.9 Å². The maximum Gasteiger partial charge on any atom is 0.327 e. The molecule has 0 aliphatic carbocycles. The van der Waals surface area contributed by atoms with Gasteiger partial charge in [-0.25, -0.2) is 9.18 Å². The maximum atomic E-state index is 13.4. The molecule has 3 aromatic rings. The Balaban J connectivity index is 1.50. The zero-order valence-corrected chi connectivity index (χ0v) is 19.1. The van der Waals surface area contributed by atoms with Crippen LogP contribution in [0, 0.1) is 11.2 Å². The van der Waals surface area contributed by atoms with Gasteiger partial charge in [0.2, 0.25) is 0 Å². The van der Waals surface area contributed by atoms with Crippen LogP contribution in [0.1, 0.15) is 37.1 Å². The molecule has 0 spiro atoms. The number of halogens is 1. The monoisotopic (exact) mass is 463 g/mol. The Bertz CT molecular complexity index is 1310. The van der Waals surface area contributed by atoms with E-state index in [1.165, 1.54) is 17.0 Å². The molecular formula is C26H26FN3O4. The molecule has 3 heterocycles. The fourth-order valence-corrected chi connectivity index (χ4v) is 5.25. The molecule has 0 radical (unpaired) electrons. The van der Waals surface area contributed by atoms with Crippen molar-refractivity contribution in [1.82, 2.24) is 14.4 Å². The Kier molecular flexibility index (Phi) is 5.19. The molecular weight excluding hydrogens is 437 g/mol. The SMILES string of the molecule is CC(C)(CC(=O)O)CN1C(=O)[C@@H]2Cc3c(n(Cc4ccc(F)cc4)c4ccccc34)CN2C1=O. The summed E-state index contributed by atoms with van der Waals surface area (Å²) >= 11 is 0. The van der Waals surface area contributed by atoms with Crippen LogP contribution in [0.25, 0.3) is 10.9 Å². The largest absolute Gasteiger partial charge is 0.481 e. The molecule has 1 fully saturated rings. The lowest BCUT2D eigenvalue weighted by molar-refractivity contribution is -0.140. The summed E-state index contributed by atoms with van der Waals surface area (Å²) in [6.45, 7) is 4.36. The van der Waals surface area contributed by atoms with Crippen LogP contribution in [0.15, 0.2) is 48.5 Å². The molecule has 5 rings (SSSR count). The lowest BCUT2D eigenvalue weighted by Crippen LogP contribution is -2.41. The number of aromatic nitrogens is 1. The van der Waals surface area contributed by atoms with Crippen LogP contribution in [0.5, 0.6) is 0 Å². The highest BCUT2D eigenvalue weighted by Gasteiger charge is 2.49. The quantitative estimate of drug-likeness (QED) is 0.560. The van der Waals surface area contributed by atoms with Gasteiger partial charge < -0.3 is 14.6 Å². The number of aliphatic carboxylic acids is 1. The number of carboxylic acids is 1. The molecule has 8 heteroatoms. The minimum absolute atomic E-state index is 0.0600. The smallest absolute Gasteiger partial charge is 0.327 e. The van der Waals surface area contributed by atoms with Crippen LogP contribution >= 0.6 is 0 Å². The lowest BCUT2D eigenvalue weighted by atomic mass is 9.88. The van der Waals surface area contributed by atoms with Crippen LogP contribution in [-0.4, -0.2) is 50.0 Å². The Labute approximate surface area is 196 Å². The van der Waals surface area contributed by atoms with E-state index in [2.05, 4.69) is 4.57 Å². The Morgan fingerprint density at radius 2 is 1.82 bits per heavy atom. The summed E-state index contributed by atoms with van der Waals surface area (Å²) in [5, 5.41) is 10.2. The van der Waals surface area contributed by atoms with Crippen molar-refractivity contribution in [2.45, 2.75) is 45.8 Å². The van der Waals surface area contributed by atoms with Crippen LogP contribution in [-0.2, 0) is 29.1 Å². The second-order valence-electron chi connectivity index (χ2n) is 9.94. The summed E-state index contributed by atoms with van der Waals surface area (Å²) in [6, 6.07) is 13.4. The van der Waals surface area contributed by atoms with Crippen molar-refractivity contribution in [3.05, 3.63) is 71.2 Å². The average molecular weight is 464 g/mol. The van der Waals surface area contributed by atoms with Gasteiger partial charge in [0.05, 0.1) is 13.0 Å². The number of carbonyl (C=O) groups excluding carboxylic acids is 2. The topological polar surface area (TPSA) is 82.8 Å². The Morgan fingerprint density at radius 1 is 1.12 bits per heavy atom. The van der Waals surface area contributed by atoms with Gasteiger partial charge >= 0.3 is 12.0 Å². The molecule has 176 valence electrons. The maximum absolute atomic E-state index is 13.4. The molecule has 7 nitrogen and oxygen atoms in total.